The molecule has 0 bridgehead atoms. The van der Waals surface area contributed by atoms with Crippen LogP contribution in [0.3, 0.4) is 0 Å². The van der Waals surface area contributed by atoms with Gasteiger partial charge in [-0.15, -0.1) is 0 Å². The van der Waals surface area contributed by atoms with Crippen molar-refractivity contribution in [1.82, 2.24) is 9.97 Å². The zero-order valence-electron chi connectivity index (χ0n) is 4.75. The van der Waals surface area contributed by atoms with E-state index in [9.17, 15) is 4.39 Å². The first-order valence-corrected chi connectivity index (χ1v) is 3.19. The van der Waals surface area contributed by atoms with E-state index >= 15 is 0 Å². The first-order valence-electron chi connectivity index (χ1n) is 2.39. The van der Waals surface area contributed by atoms with Crippen LogP contribution in [0.1, 0.15) is 0 Å². The molecule has 1 radical (unpaired) electrons. The Labute approximate surface area is 65.7 Å². The van der Waals surface area contributed by atoms with Gasteiger partial charge in [-0.25, -0.2) is 14.4 Å². The zero-order valence-corrected chi connectivity index (χ0v) is 6.34. The second-order valence-electron chi connectivity index (χ2n) is 1.50. The van der Waals surface area contributed by atoms with Crippen molar-refractivity contribution in [1.29, 1.82) is 0 Å². The number of rotatable bonds is 1. The topological polar surface area (TPSA) is 46.0 Å². The first-order chi connectivity index (χ1) is 4.74. The van der Waals surface area contributed by atoms with Crippen molar-refractivity contribution in [2.24, 2.45) is 0 Å². The molecule has 10 heavy (non-hydrogen) atoms. The third-order valence-corrected chi connectivity index (χ3v) is 1.25. The van der Waals surface area contributed by atoms with Crippen LogP contribution in [0.2, 0.25) is 0 Å². The van der Waals surface area contributed by atoms with Crippen molar-refractivity contribution in [2.45, 2.75) is 0 Å². The maximum Gasteiger partial charge on any atom is 0.352 e. The molecule has 0 aromatic carbocycles. The summed E-state index contributed by atoms with van der Waals surface area (Å²) in [7, 11) is 0.585. The summed E-state index contributed by atoms with van der Waals surface area (Å²) in [6, 6.07) is 0. The molecule has 0 saturated carbocycles. The Morgan fingerprint density at radius 3 is 2.90 bits per heavy atom. The van der Waals surface area contributed by atoms with Gasteiger partial charge < -0.3 is 5.02 Å². The fourth-order valence-corrected chi connectivity index (χ4v) is 0.742. The molecule has 0 fully saturated rings. The molecule has 1 rings (SSSR count). The summed E-state index contributed by atoms with van der Waals surface area (Å²) < 4.78 is 12.7. The molecule has 1 aromatic heterocycles. The van der Waals surface area contributed by atoms with Gasteiger partial charge in [0.1, 0.15) is 0 Å². The van der Waals surface area contributed by atoms with Gasteiger partial charge in [-0.2, -0.15) is 0 Å². The normalized spacial score (nSPS) is 9.50. The number of nitrogens with zero attached hydrogens (tertiary/aromatic N) is 2. The van der Waals surface area contributed by atoms with Crippen molar-refractivity contribution in [3.63, 3.8) is 0 Å². The fraction of sp³-hybridized carbons (Fsp3) is 0. The minimum Gasteiger partial charge on any atom is -0.449 e. The average molecular weight is 204 g/mol. The minimum absolute atomic E-state index is 0.123. The quantitative estimate of drug-likeness (QED) is 0.500. The van der Waals surface area contributed by atoms with Crippen molar-refractivity contribution in [3.05, 3.63) is 16.7 Å². The molecule has 0 aliphatic carbocycles. The van der Waals surface area contributed by atoms with E-state index in [-0.39, 0.29) is 10.3 Å². The minimum atomic E-state index is -0.647. The molecule has 3 nitrogen and oxygen atoms in total. The van der Waals surface area contributed by atoms with E-state index in [0.29, 0.717) is 7.48 Å². The number of hydrogen-bond donors (Lipinski definition) is 1. The van der Waals surface area contributed by atoms with Crippen molar-refractivity contribution < 1.29 is 9.41 Å². The third-order valence-electron chi connectivity index (χ3n) is 0.864. The van der Waals surface area contributed by atoms with Gasteiger partial charge in [-0.3, -0.25) is 0 Å². The lowest BCUT2D eigenvalue weighted by molar-refractivity contribution is 0.594. The second kappa shape index (κ2) is 3.07. The smallest absolute Gasteiger partial charge is 0.352 e. The predicted octanol–water partition coefficient (Wildman–Crippen LogP) is -0.385. The van der Waals surface area contributed by atoms with E-state index in [2.05, 4.69) is 25.9 Å². The standard InChI is InChI=1S/C4H2BBrFN2O/c6-4-8-1-2(7)3(5-10)9-4/h1,10H. The van der Waals surface area contributed by atoms with Crippen LogP contribution >= 0.6 is 15.9 Å². The van der Waals surface area contributed by atoms with Crippen molar-refractivity contribution in [2.75, 3.05) is 0 Å². The summed E-state index contributed by atoms with van der Waals surface area (Å²) in [6.07, 6.45) is 0.971. The van der Waals surface area contributed by atoms with Crippen LogP contribution in [0.5, 0.6) is 0 Å². The zero-order chi connectivity index (χ0) is 7.56. The molecule has 0 aliphatic heterocycles. The Morgan fingerprint density at radius 1 is 1.70 bits per heavy atom. The molecule has 1 heterocycles. The molecule has 51 valence electrons. The van der Waals surface area contributed by atoms with E-state index in [1.165, 1.54) is 0 Å². The molecule has 0 aliphatic rings. The van der Waals surface area contributed by atoms with Crippen LogP contribution in [0.15, 0.2) is 10.9 Å². The Balaban J connectivity index is 3.09. The highest BCUT2D eigenvalue weighted by atomic mass is 79.9. The van der Waals surface area contributed by atoms with E-state index in [4.69, 9.17) is 5.02 Å². The van der Waals surface area contributed by atoms with Crippen molar-refractivity contribution >= 4 is 29.0 Å². The van der Waals surface area contributed by atoms with Crippen LogP contribution in [0, 0.1) is 5.82 Å². The van der Waals surface area contributed by atoms with Gasteiger partial charge in [-0.05, 0) is 15.9 Å². The maximum absolute atomic E-state index is 12.4. The van der Waals surface area contributed by atoms with E-state index in [0.717, 1.165) is 6.20 Å². The SMILES string of the molecule is O[B]c1nc(Br)ncc1F. The summed E-state index contributed by atoms with van der Waals surface area (Å²) in [6.45, 7) is 0. The monoisotopic (exact) mass is 203 g/mol. The summed E-state index contributed by atoms with van der Waals surface area (Å²) in [4.78, 5) is 7.00. The highest BCUT2D eigenvalue weighted by molar-refractivity contribution is 9.10. The second-order valence-corrected chi connectivity index (χ2v) is 2.21. The molecule has 0 amide bonds. The lowest BCUT2D eigenvalue weighted by Gasteiger charge is -1.94. The summed E-state index contributed by atoms with van der Waals surface area (Å²) in [5, 5.41) is 8.37. The lowest BCUT2D eigenvalue weighted by Crippen LogP contribution is -2.22. The fourth-order valence-electron chi connectivity index (χ4n) is 0.448. The highest BCUT2D eigenvalue weighted by Gasteiger charge is 2.04. The predicted molar refractivity (Wildman–Crippen MR) is 37.3 cm³/mol. The largest absolute Gasteiger partial charge is 0.449 e. The molecule has 0 atom stereocenters. The Morgan fingerprint density at radius 2 is 2.40 bits per heavy atom. The number of aromatic nitrogens is 2. The van der Waals surface area contributed by atoms with Crippen LogP contribution in [-0.4, -0.2) is 22.5 Å². The van der Waals surface area contributed by atoms with Gasteiger partial charge >= 0.3 is 7.48 Å². The van der Waals surface area contributed by atoms with Gasteiger partial charge in [0.15, 0.2) is 10.6 Å². The van der Waals surface area contributed by atoms with E-state index in [1.807, 2.05) is 0 Å². The summed E-state index contributed by atoms with van der Waals surface area (Å²) >= 11 is 2.92. The molecule has 1 aromatic rings. The van der Waals surface area contributed by atoms with Crippen LogP contribution in [0.4, 0.5) is 4.39 Å². The van der Waals surface area contributed by atoms with Crippen LogP contribution < -0.4 is 5.59 Å². The molecule has 0 saturated heterocycles. The molecule has 0 unspecified atom stereocenters. The third kappa shape index (κ3) is 1.51. The maximum atomic E-state index is 12.4. The molecule has 0 spiro atoms. The first kappa shape index (κ1) is 7.62. The van der Waals surface area contributed by atoms with Crippen molar-refractivity contribution in [3.8, 4) is 0 Å². The van der Waals surface area contributed by atoms with Crippen LogP contribution in [-0.2, 0) is 0 Å². The van der Waals surface area contributed by atoms with Gasteiger partial charge in [0.25, 0.3) is 0 Å². The molecule has 6 heteroatoms. The Hall–Kier alpha value is -0.485. The van der Waals surface area contributed by atoms with Gasteiger partial charge in [-0.1, -0.05) is 0 Å². The summed E-state index contributed by atoms with van der Waals surface area (Å²) in [5.74, 6) is -0.647. The van der Waals surface area contributed by atoms with Crippen LogP contribution in [0.25, 0.3) is 0 Å². The molecule has 1 N–H and O–H groups in total. The molecular formula is C4H2BBrFN2O. The van der Waals surface area contributed by atoms with E-state index in [1.54, 1.807) is 0 Å². The van der Waals surface area contributed by atoms with Gasteiger partial charge in [0.2, 0.25) is 0 Å². The Bertz CT molecular complexity index is 247. The van der Waals surface area contributed by atoms with Gasteiger partial charge in [0, 0.05) is 0 Å². The number of hydrogen-bond acceptors (Lipinski definition) is 3. The van der Waals surface area contributed by atoms with E-state index < -0.39 is 5.82 Å². The van der Waals surface area contributed by atoms with Gasteiger partial charge in [0.05, 0.1) is 11.8 Å². The highest BCUT2D eigenvalue weighted by Crippen LogP contribution is 1.97. The molecular weight excluding hydrogens is 202 g/mol. The average Bonchev–Trinajstić information content (AvgIpc) is 1.94. The summed E-state index contributed by atoms with van der Waals surface area (Å²) in [5.41, 5.74) is -0.123. The lowest BCUT2D eigenvalue weighted by atomic mass is 9.96. The Kier molecular flexibility index (Phi) is 2.34. The number of halogens is 2.